The number of aromatic nitrogens is 1. The molecule has 0 aliphatic heterocycles. The van der Waals surface area contributed by atoms with Crippen molar-refractivity contribution in [1.82, 2.24) is 4.57 Å². The maximum absolute atomic E-state index is 12.7. The van der Waals surface area contributed by atoms with Gasteiger partial charge in [-0.1, -0.05) is 54.1 Å². The summed E-state index contributed by atoms with van der Waals surface area (Å²) in [6.45, 7) is 1.93. The fourth-order valence-electron chi connectivity index (χ4n) is 3.81. The van der Waals surface area contributed by atoms with E-state index in [2.05, 4.69) is 33.6 Å². The van der Waals surface area contributed by atoms with Crippen molar-refractivity contribution < 1.29 is 8.42 Å². The quantitative estimate of drug-likeness (QED) is 0.400. The van der Waals surface area contributed by atoms with Gasteiger partial charge in [0, 0.05) is 22.1 Å². The molecule has 0 saturated heterocycles. The maximum Gasteiger partial charge on any atom is 0.261 e. The minimum Gasteiger partial charge on any atom is -0.309 e. The Morgan fingerprint density at radius 3 is 1.77 bits per heavy atom. The molecule has 0 atom stereocenters. The molecule has 0 spiro atoms. The Hall–Kier alpha value is -3.57. The summed E-state index contributed by atoms with van der Waals surface area (Å²) in [5, 5.41) is 2.38. The third kappa shape index (κ3) is 3.13. The molecule has 5 aromatic rings. The average Bonchev–Trinajstić information content (AvgIpc) is 3.09. The molecule has 0 fully saturated rings. The summed E-state index contributed by atoms with van der Waals surface area (Å²) >= 11 is 0. The highest BCUT2D eigenvalue weighted by molar-refractivity contribution is 7.92. The summed E-state index contributed by atoms with van der Waals surface area (Å²) in [4.78, 5) is 0.250. The van der Waals surface area contributed by atoms with Crippen LogP contribution >= 0.6 is 0 Å². The van der Waals surface area contributed by atoms with E-state index in [1.165, 1.54) is 10.8 Å². The number of benzene rings is 4. The van der Waals surface area contributed by atoms with Crippen molar-refractivity contribution in [3.05, 3.63) is 103 Å². The second kappa shape index (κ2) is 7.04. The highest BCUT2D eigenvalue weighted by Gasteiger charge is 2.15. The molecule has 4 aromatic carbocycles. The highest BCUT2D eigenvalue weighted by Crippen LogP contribution is 2.32. The zero-order valence-corrected chi connectivity index (χ0v) is 17.2. The van der Waals surface area contributed by atoms with Crippen LogP contribution in [-0.4, -0.2) is 13.0 Å². The van der Waals surface area contributed by atoms with Crippen molar-refractivity contribution in [3.8, 4) is 5.69 Å². The van der Waals surface area contributed by atoms with Gasteiger partial charge < -0.3 is 4.57 Å². The van der Waals surface area contributed by atoms with E-state index >= 15 is 0 Å². The fourth-order valence-corrected chi connectivity index (χ4v) is 4.87. The van der Waals surface area contributed by atoms with E-state index < -0.39 is 10.0 Å². The molecule has 0 amide bonds. The van der Waals surface area contributed by atoms with Crippen LogP contribution in [-0.2, 0) is 10.0 Å². The van der Waals surface area contributed by atoms with Crippen molar-refractivity contribution in [1.29, 1.82) is 0 Å². The van der Waals surface area contributed by atoms with Crippen LogP contribution in [0.2, 0.25) is 0 Å². The molecule has 0 saturated carbocycles. The van der Waals surface area contributed by atoms with Gasteiger partial charge in [-0.2, -0.15) is 0 Å². The summed E-state index contributed by atoms with van der Waals surface area (Å²) in [6, 6.07) is 30.9. The van der Waals surface area contributed by atoms with E-state index in [1.807, 2.05) is 43.3 Å². The van der Waals surface area contributed by atoms with Crippen LogP contribution < -0.4 is 4.72 Å². The molecule has 1 aromatic heterocycles. The van der Waals surface area contributed by atoms with Crippen molar-refractivity contribution >= 4 is 37.5 Å². The number of aryl methyl sites for hydroxylation is 1. The minimum atomic E-state index is -3.62. The van der Waals surface area contributed by atoms with Crippen LogP contribution in [0.3, 0.4) is 0 Å². The Morgan fingerprint density at radius 1 is 0.667 bits per heavy atom. The third-order valence-corrected chi connectivity index (χ3v) is 6.69. The van der Waals surface area contributed by atoms with Crippen molar-refractivity contribution in [2.24, 2.45) is 0 Å². The van der Waals surface area contributed by atoms with E-state index in [-0.39, 0.29) is 4.90 Å². The van der Waals surface area contributed by atoms with Gasteiger partial charge in [0.2, 0.25) is 0 Å². The third-order valence-electron chi connectivity index (χ3n) is 5.29. The van der Waals surface area contributed by atoms with Gasteiger partial charge in [0.1, 0.15) is 0 Å². The summed E-state index contributed by atoms with van der Waals surface area (Å²) in [5.74, 6) is 0. The van der Waals surface area contributed by atoms with Crippen LogP contribution in [0.4, 0.5) is 5.69 Å². The van der Waals surface area contributed by atoms with Gasteiger partial charge in [-0.3, -0.25) is 4.72 Å². The van der Waals surface area contributed by atoms with Gasteiger partial charge in [0.15, 0.2) is 0 Å². The highest BCUT2D eigenvalue weighted by atomic mass is 32.2. The second-order valence-corrected chi connectivity index (χ2v) is 9.02. The van der Waals surface area contributed by atoms with Crippen LogP contribution in [0.5, 0.6) is 0 Å². The van der Waals surface area contributed by atoms with Crippen molar-refractivity contribution in [2.75, 3.05) is 4.72 Å². The van der Waals surface area contributed by atoms with E-state index in [4.69, 9.17) is 0 Å². The van der Waals surface area contributed by atoms with E-state index in [0.29, 0.717) is 5.69 Å². The van der Waals surface area contributed by atoms with Gasteiger partial charge >= 0.3 is 0 Å². The van der Waals surface area contributed by atoms with Gasteiger partial charge in [0.25, 0.3) is 10.0 Å². The van der Waals surface area contributed by atoms with E-state index in [0.717, 1.165) is 22.3 Å². The Labute approximate surface area is 175 Å². The number of hydrogen-bond donors (Lipinski definition) is 1. The Morgan fingerprint density at radius 2 is 1.20 bits per heavy atom. The average molecular weight is 413 g/mol. The molecule has 5 heteroatoms. The molecule has 5 rings (SSSR count). The van der Waals surface area contributed by atoms with Crippen LogP contribution in [0.25, 0.3) is 27.5 Å². The molecule has 0 radical (unpaired) electrons. The Bertz CT molecular complexity index is 1410. The topological polar surface area (TPSA) is 51.1 Å². The molecule has 4 nitrogen and oxygen atoms in total. The van der Waals surface area contributed by atoms with Gasteiger partial charge in [-0.25, -0.2) is 8.42 Å². The molecular formula is C25H20N2O2S. The molecular weight excluding hydrogens is 392 g/mol. The molecule has 0 aliphatic rings. The zero-order valence-electron chi connectivity index (χ0n) is 16.4. The molecule has 0 bridgehead atoms. The molecule has 30 heavy (non-hydrogen) atoms. The number of anilines is 1. The number of sulfonamides is 1. The second-order valence-electron chi connectivity index (χ2n) is 7.34. The number of hydrogen-bond acceptors (Lipinski definition) is 2. The number of rotatable bonds is 4. The van der Waals surface area contributed by atoms with Crippen LogP contribution in [0, 0.1) is 6.92 Å². The molecule has 0 unspecified atom stereocenters. The van der Waals surface area contributed by atoms with Crippen molar-refractivity contribution in [3.63, 3.8) is 0 Å². The smallest absolute Gasteiger partial charge is 0.261 e. The molecule has 148 valence electrons. The Kier molecular flexibility index (Phi) is 4.33. The molecule has 1 heterocycles. The fraction of sp³-hybridized carbons (Fsp3) is 0.0400. The number of nitrogens with one attached hydrogen (secondary N) is 1. The van der Waals surface area contributed by atoms with Crippen LogP contribution in [0.1, 0.15) is 5.56 Å². The van der Waals surface area contributed by atoms with E-state index in [1.54, 1.807) is 36.4 Å². The molecule has 0 aliphatic carbocycles. The monoisotopic (exact) mass is 412 g/mol. The largest absolute Gasteiger partial charge is 0.309 e. The normalized spacial score (nSPS) is 11.8. The summed E-state index contributed by atoms with van der Waals surface area (Å²) in [7, 11) is -3.62. The summed E-state index contributed by atoms with van der Waals surface area (Å²) < 4.78 is 30.2. The predicted octanol–water partition coefficient (Wildman–Crippen LogP) is 5.89. The van der Waals surface area contributed by atoms with Crippen LogP contribution in [0.15, 0.2) is 102 Å². The lowest BCUT2D eigenvalue weighted by molar-refractivity contribution is 0.601. The first-order chi connectivity index (χ1) is 14.5. The SMILES string of the molecule is Cc1ccc(S(=O)(=O)Nc2ccc(-n3c4ccccc4c4ccccc43)cc2)cc1. The number of nitrogens with zero attached hydrogens (tertiary/aromatic N) is 1. The number of para-hydroxylation sites is 2. The standard InChI is InChI=1S/C25H20N2O2S/c1-18-10-16-21(17-11-18)30(28,29)26-19-12-14-20(15-13-19)27-24-8-4-2-6-22(24)23-7-3-5-9-25(23)27/h2-17,26H,1H3. The minimum absolute atomic E-state index is 0.250. The zero-order chi connectivity index (χ0) is 20.7. The number of fused-ring (bicyclic) bond motifs is 3. The van der Waals surface area contributed by atoms with Gasteiger partial charge in [0.05, 0.1) is 15.9 Å². The van der Waals surface area contributed by atoms with Crippen molar-refractivity contribution in [2.45, 2.75) is 11.8 Å². The predicted molar refractivity (Wildman–Crippen MR) is 123 cm³/mol. The lowest BCUT2D eigenvalue weighted by atomic mass is 10.2. The maximum atomic E-state index is 12.7. The Balaban J connectivity index is 1.54. The molecule has 1 N–H and O–H groups in total. The van der Waals surface area contributed by atoms with Gasteiger partial charge in [-0.05, 0) is 55.5 Å². The van der Waals surface area contributed by atoms with Gasteiger partial charge in [-0.15, -0.1) is 0 Å². The summed E-state index contributed by atoms with van der Waals surface area (Å²) in [5.41, 5.74) is 4.76. The first kappa shape index (κ1) is 18.5. The first-order valence-corrected chi connectivity index (χ1v) is 11.2. The van der Waals surface area contributed by atoms with E-state index in [9.17, 15) is 8.42 Å². The summed E-state index contributed by atoms with van der Waals surface area (Å²) in [6.07, 6.45) is 0. The lowest BCUT2D eigenvalue weighted by Gasteiger charge is -2.11. The first-order valence-electron chi connectivity index (χ1n) is 9.71. The lowest BCUT2D eigenvalue weighted by Crippen LogP contribution is -2.12.